The second kappa shape index (κ2) is 4.98. The maximum atomic E-state index is 10.9. The first-order valence-electron chi connectivity index (χ1n) is 6.28. The molecule has 1 aromatic carbocycles. The van der Waals surface area contributed by atoms with E-state index >= 15 is 0 Å². The van der Waals surface area contributed by atoms with Crippen molar-refractivity contribution in [2.24, 2.45) is 0 Å². The Balaban J connectivity index is 2.08. The molecule has 1 aliphatic heterocycles. The van der Waals surface area contributed by atoms with Crippen molar-refractivity contribution in [2.75, 3.05) is 18.9 Å². The second-order valence-corrected chi connectivity index (χ2v) is 5.20. The summed E-state index contributed by atoms with van der Waals surface area (Å²) >= 11 is 0. The molecule has 1 heterocycles. The van der Waals surface area contributed by atoms with Crippen LogP contribution >= 0.6 is 0 Å². The number of nitrogens with zero attached hydrogens (tertiary/aromatic N) is 1. The number of rotatable bonds is 3. The van der Waals surface area contributed by atoms with Gasteiger partial charge in [-0.1, -0.05) is 0 Å². The van der Waals surface area contributed by atoms with Crippen molar-refractivity contribution >= 4 is 11.7 Å². The average molecular weight is 248 g/mol. The predicted octanol–water partition coefficient (Wildman–Crippen LogP) is 2.20. The molecule has 4 heteroatoms. The third-order valence-corrected chi connectivity index (χ3v) is 3.72. The summed E-state index contributed by atoms with van der Waals surface area (Å²) in [4.78, 5) is 13.2. The van der Waals surface area contributed by atoms with Crippen molar-refractivity contribution in [3.8, 4) is 0 Å². The van der Waals surface area contributed by atoms with E-state index in [0.717, 1.165) is 24.2 Å². The van der Waals surface area contributed by atoms with Gasteiger partial charge in [0.2, 0.25) is 0 Å². The Hall–Kier alpha value is -1.55. The molecule has 4 nitrogen and oxygen atoms in total. The number of likely N-dealkylation sites (tertiary alicyclic amines) is 1. The zero-order valence-electron chi connectivity index (χ0n) is 11.1. The van der Waals surface area contributed by atoms with Crippen LogP contribution in [0.1, 0.15) is 29.3 Å². The smallest absolute Gasteiger partial charge is 0.335 e. The lowest BCUT2D eigenvalue weighted by atomic mass is 10.1. The van der Waals surface area contributed by atoms with Crippen LogP contribution < -0.4 is 5.32 Å². The standard InChI is InChI=1S/C14H20N2O2/c1-9-6-11(14(17)18)4-5-13(9)15-12-7-10(2)16(3)8-12/h4-6,10,12,15H,7-8H2,1-3H3,(H,17,18). The molecule has 2 atom stereocenters. The molecule has 0 spiro atoms. The van der Waals surface area contributed by atoms with Gasteiger partial charge in [0.05, 0.1) is 5.56 Å². The van der Waals surface area contributed by atoms with Gasteiger partial charge in [0.1, 0.15) is 0 Å². The number of aryl methyl sites for hydroxylation is 1. The lowest BCUT2D eigenvalue weighted by molar-refractivity contribution is 0.0697. The van der Waals surface area contributed by atoms with Crippen LogP contribution in [-0.2, 0) is 0 Å². The summed E-state index contributed by atoms with van der Waals surface area (Å²) in [5.74, 6) is -0.876. The predicted molar refractivity (Wildman–Crippen MR) is 72.3 cm³/mol. The van der Waals surface area contributed by atoms with Gasteiger partial charge in [-0.25, -0.2) is 4.79 Å². The molecule has 18 heavy (non-hydrogen) atoms. The molecule has 0 aliphatic carbocycles. The Morgan fingerprint density at radius 3 is 2.72 bits per heavy atom. The van der Waals surface area contributed by atoms with Crippen molar-refractivity contribution in [3.05, 3.63) is 29.3 Å². The summed E-state index contributed by atoms with van der Waals surface area (Å²) in [6.07, 6.45) is 1.12. The minimum Gasteiger partial charge on any atom is -0.478 e. The molecular formula is C14H20N2O2. The van der Waals surface area contributed by atoms with Gasteiger partial charge in [-0.15, -0.1) is 0 Å². The number of anilines is 1. The molecule has 1 aliphatic rings. The van der Waals surface area contributed by atoms with Crippen LogP contribution in [0.5, 0.6) is 0 Å². The van der Waals surface area contributed by atoms with E-state index in [1.807, 2.05) is 13.0 Å². The first kappa shape index (κ1) is 12.9. The van der Waals surface area contributed by atoms with Gasteiger partial charge in [0.25, 0.3) is 0 Å². The Morgan fingerprint density at radius 2 is 2.22 bits per heavy atom. The zero-order chi connectivity index (χ0) is 13.3. The first-order chi connectivity index (χ1) is 8.47. The van der Waals surface area contributed by atoms with E-state index in [2.05, 4.69) is 24.2 Å². The van der Waals surface area contributed by atoms with Gasteiger partial charge in [0.15, 0.2) is 0 Å². The topological polar surface area (TPSA) is 52.6 Å². The van der Waals surface area contributed by atoms with Crippen molar-refractivity contribution in [1.29, 1.82) is 0 Å². The molecule has 98 valence electrons. The maximum absolute atomic E-state index is 10.9. The highest BCUT2D eigenvalue weighted by Crippen LogP contribution is 2.22. The summed E-state index contributed by atoms with van der Waals surface area (Å²) < 4.78 is 0. The molecule has 0 amide bonds. The van der Waals surface area contributed by atoms with Crippen molar-refractivity contribution in [2.45, 2.75) is 32.4 Å². The fraction of sp³-hybridized carbons (Fsp3) is 0.500. The molecule has 0 aromatic heterocycles. The number of likely N-dealkylation sites (N-methyl/N-ethyl adjacent to an activating group) is 1. The first-order valence-corrected chi connectivity index (χ1v) is 6.28. The highest BCUT2D eigenvalue weighted by atomic mass is 16.4. The number of hydrogen-bond acceptors (Lipinski definition) is 3. The van der Waals surface area contributed by atoms with Gasteiger partial charge >= 0.3 is 5.97 Å². The minimum absolute atomic E-state index is 0.343. The average Bonchev–Trinajstić information content (AvgIpc) is 2.61. The molecule has 1 fully saturated rings. The molecule has 1 saturated heterocycles. The largest absolute Gasteiger partial charge is 0.478 e. The number of aromatic carboxylic acids is 1. The van der Waals surface area contributed by atoms with Gasteiger partial charge in [-0.05, 0) is 51.1 Å². The molecule has 1 aromatic rings. The third kappa shape index (κ3) is 2.64. The second-order valence-electron chi connectivity index (χ2n) is 5.20. The molecule has 0 saturated carbocycles. The van der Waals surface area contributed by atoms with E-state index in [0.29, 0.717) is 17.6 Å². The lowest BCUT2D eigenvalue weighted by Crippen LogP contribution is -2.25. The third-order valence-electron chi connectivity index (χ3n) is 3.72. The summed E-state index contributed by atoms with van der Waals surface area (Å²) in [5.41, 5.74) is 2.36. The molecular weight excluding hydrogens is 228 g/mol. The van der Waals surface area contributed by atoms with Crippen LogP contribution in [0, 0.1) is 6.92 Å². The SMILES string of the molecule is Cc1cc(C(=O)O)ccc1NC1CC(C)N(C)C1. The fourth-order valence-electron chi connectivity index (χ4n) is 2.48. The normalized spacial score (nSPS) is 24.2. The van der Waals surface area contributed by atoms with Crippen molar-refractivity contribution in [1.82, 2.24) is 4.90 Å². The van der Waals surface area contributed by atoms with E-state index in [1.54, 1.807) is 12.1 Å². The molecule has 2 N–H and O–H groups in total. The van der Waals surface area contributed by atoms with E-state index < -0.39 is 5.97 Å². The number of benzene rings is 1. The Labute approximate surface area is 108 Å². The van der Waals surface area contributed by atoms with Crippen LogP contribution in [0.4, 0.5) is 5.69 Å². The number of carboxylic acid groups (broad SMARTS) is 1. The van der Waals surface area contributed by atoms with Crippen molar-refractivity contribution in [3.63, 3.8) is 0 Å². The quantitative estimate of drug-likeness (QED) is 0.861. The van der Waals surface area contributed by atoms with Crippen LogP contribution in [0.15, 0.2) is 18.2 Å². The van der Waals surface area contributed by atoms with Crippen molar-refractivity contribution < 1.29 is 9.90 Å². The number of hydrogen-bond donors (Lipinski definition) is 2. The number of nitrogens with one attached hydrogen (secondary N) is 1. The Kier molecular flexibility index (Phi) is 3.57. The molecule has 2 unspecified atom stereocenters. The monoisotopic (exact) mass is 248 g/mol. The fourth-order valence-corrected chi connectivity index (χ4v) is 2.48. The summed E-state index contributed by atoms with van der Waals surface area (Å²) in [7, 11) is 2.13. The molecule has 0 bridgehead atoms. The number of carbonyl (C=O) groups is 1. The highest BCUT2D eigenvalue weighted by molar-refractivity contribution is 5.88. The zero-order valence-corrected chi connectivity index (χ0v) is 11.1. The van der Waals surface area contributed by atoms with Gasteiger partial charge in [-0.3, -0.25) is 0 Å². The maximum Gasteiger partial charge on any atom is 0.335 e. The van der Waals surface area contributed by atoms with Gasteiger partial charge < -0.3 is 15.3 Å². The van der Waals surface area contributed by atoms with Gasteiger partial charge in [0, 0.05) is 24.3 Å². The minimum atomic E-state index is -0.876. The highest BCUT2D eigenvalue weighted by Gasteiger charge is 2.26. The molecule has 0 radical (unpaired) electrons. The van der Waals surface area contributed by atoms with Crippen LogP contribution in [0.25, 0.3) is 0 Å². The van der Waals surface area contributed by atoms with Crippen LogP contribution in [0.2, 0.25) is 0 Å². The van der Waals surface area contributed by atoms with E-state index in [-0.39, 0.29) is 0 Å². The van der Waals surface area contributed by atoms with E-state index in [1.165, 1.54) is 0 Å². The van der Waals surface area contributed by atoms with E-state index in [9.17, 15) is 4.79 Å². The lowest BCUT2D eigenvalue weighted by Gasteiger charge is -2.16. The Morgan fingerprint density at radius 1 is 1.50 bits per heavy atom. The molecule has 2 rings (SSSR count). The number of carboxylic acids is 1. The van der Waals surface area contributed by atoms with Gasteiger partial charge in [-0.2, -0.15) is 0 Å². The summed E-state index contributed by atoms with van der Waals surface area (Å²) in [6, 6.07) is 6.27. The summed E-state index contributed by atoms with van der Waals surface area (Å²) in [5, 5.41) is 12.4. The van der Waals surface area contributed by atoms with Crippen LogP contribution in [-0.4, -0.2) is 41.7 Å². The van der Waals surface area contributed by atoms with E-state index in [4.69, 9.17) is 5.11 Å². The summed E-state index contributed by atoms with van der Waals surface area (Å²) in [6.45, 7) is 5.19. The van der Waals surface area contributed by atoms with Crippen LogP contribution in [0.3, 0.4) is 0 Å². The Bertz CT molecular complexity index is 449.